The van der Waals surface area contributed by atoms with Crippen LogP contribution in [0, 0.1) is 0 Å². The van der Waals surface area contributed by atoms with E-state index in [0.717, 1.165) is 5.56 Å². The molecule has 6 heteroatoms. The van der Waals surface area contributed by atoms with Crippen LogP contribution in [-0.2, 0) is 23.6 Å². The minimum absolute atomic E-state index is 0.343. The van der Waals surface area contributed by atoms with Crippen molar-refractivity contribution in [2.24, 2.45) is 0 Å². The molecule has 0 aliphatic rings. The molecule has 0 aliphatic carbocycles. The third kappa shape index (κ3) is 3.18. The van der Waals surface area contributed by atoms with Crippen LogP contribution in [0.1, 0.15) is 17.8 Å². The summed E-state index contributed by atoms with van der Waals surface area (Å²) in [6.45, 7) is 0.973. The number of hydrogen-bond acceptors (Lipinski definition) is 4. The van der Waals surface area contributed by atoms with Crippen LogP contribution in [0.4, 0.5) is 0 Å². The van der Waals surface area contributed by atoms with Crippen molar-refractivity contribution in [1.82, 2.24) is 19.1 Å². The third-order valence-electron chi connectivity index (χ3n) is 3.90. The van der Waals surface area contributed by atoms with Crippen molar-refractivity contribution in [2.45, 2.75) is 25.3 Å². The van der Waals surface area contributed by atoms with Crippen molar-refractivity contribution in [3.63, 3.8) is 0 Å². The van der Waals surface area contributed by atoms with Crippen molar-refractivity contribution >= 4 is 0 Å². The topological polar surface area (TPSA) is 65.1 Å². The van der Waals surface area contributed by atoms with Crippen LogP contribution in [0.3, 0.4) is 0 Å². The zero-order chi connectivity index (χ0) is 16.1. The number of benzene rings is 1. The van der Waals surface area contributed by atoms with E-state index in [0.29, 0.717) is 25.5 Å². The molecule has 3 aromatic rings. The van der Waals surface area contributed by atoms with E-state index >= 15 is 0 Å². The molecular weight excluding hydrogens is 292 g/mol. The quantitative estimate of drug-likeness (QED) is 0.725. The molecule has 1 unspecified atom stereocenters. The molecule has 0 aliphatic heterocycles. The summed E-state index contributed by atoms with van der Waals surface area (Å²) in [5, 5.41) is 11.5. The molecule has 1 N–H and O–H groups in total. The molecule has 0 fully saturated rings. The van der Waals surface area contributed by atoms with Crippen LogP contribution in [0.15, 0.2) is 61.4 Å². The molecule has 6 nitrogen and oxygen atoms in total. The molecular formula is C17H20N4O2. The molecule has 23 heavy (non-hydrogen) atoms. The van der Waals surface area contributed by atoms with Gasteiger partial charge >= 0.3 is 0 Å². The smallest absolute Gasteiger partial charge is 0.149 e. The van der Waals surface area contributed by atoms with E-state index in [-0.39, 0.29) is 0 Å². The van der Waals surface area contributed by atoms with Gasteiger partial charge in [0.1, 0.15) is 18.2 Å². The largest absolute Gasteiger partial charge is 0.377 e. The summed E-state index contributed by atoms with van der Waals surface area (Å²) in [7, 11) is 1.62. The van der Waals surface area contributed by atoms with Gasteiger partial charge in [0, 0.05) is 44.9 Å². The van der Waals surface area contributed by atoms with E-state index in [1.807, 2.05) is 51.9 Å². The zero-order valence-electron chi connectivity index (χ0n) is 13.0. The first-order valence-electron chi connectivity index (χ1n) is 7.48. The van der Waals surface area contributed by atoms with E-state index in [4.69, 9.17) is 4.74 Å². The van der Waals surface area contributed by atoms with Crippen molar-refractivity contribution in [3.05, 3.63) is 72.8 Å². The van der Waals surface area contributed by atoms with E-state index < -0.39 is 5.60 Å². The summed E-state index contributed by atoms with van der Waals surface area (Å²) >= 11 is 0. The molecule has 2 heterocycles. The number of aromatic nitrogens is 4. The molecule has 0 radical (unpaired) electrons. The van der Waals surface area contributed by atoms with Crippen LogP contribution in [-0.4, -0.2) is 31.3 Å². The van der Waals surface area contributed by atoms with E-state index in [1.165, 1.54) is 0 Å². The Morgan fingerprint density at radius 3 is 2.70 bits per heavy atom. The van der Waals surface area contributed by atoms with Gasteiger partial charge in [0.15, 0.2) is 0 Å². The minimum Gasteiger partial charge on any atom is -0.377 e. The lowest BCUT2D eigenvalue weighted by molar-refractivity contribution is 0.0414. The lowest BCUT2D eigenvalue weighted by Gasteiger charge is -2.29. The number of methoxy groups -OCH3 is 1. The summed E-state index contributed by atoms with van der Waals surface area (Å²) in [6.07, 6.45) is 9.32. The third-order valence-corrected chi connectivity index (χ3v) is 3.90. The maximum atomic E-state index is 11.5. The predicted molar refractivity (Wildman–Crippen MR) is 85.5 cm³/mol. The Bertz CT molecular complexity index is 724. The molecule has 0 amide bonds. The van der Waals surface area contributed by atoms with Gasteiger partial charge in [-0.25, -0.2) is 9.97 Å². The van der Waals surface area contributed by atoms with Crippen LogP contribution in [0.5, 0.6) is 0 Å². The van der Waals surface area contributed by atoms with Crippen molar-refractivity contribution < 1.29 is 9.84 Å². The first-order valence-corrected chi connectivity index (χ1v) is 7.48. The Morgan fingerprint density at radius 1 is 1.17 bits per heavy atom. The molecule has 2 aromatic heterocycles. The molecule has 0 bridgehead atoms. The first-order chi connectivity index (χ1) is 11.2. The standard InChI is InChI=1S/C17H20N4O2/c1-23-14-21-12-9-19-16(21)17(22,15-5-3-2-4-6-15)7-10-20-11-8-18-13-20/h2-6,8-9,11-13,22H,7,10,14H2,1H3. The second-order valence-corrected chi connectivity index (χ2v) is 5.42. The van der Waals surface area contributed by atoms with Gasteiger partial charge in [-0.05, 0) is 5.56 Å². The molecule has 120 valence electrons. The average molecular weight is 312 g/mol. The van der Waals surface area contributed by atoms with Gasteiger partial charge in [0.05, 0.1) is 6.33 Å². The highest BCUT2D eigenvalue weighted by molar-refractivity contribution is 5.29. The van der Waals surface area contributed by atoms with Crippen molar-refractivity contribution in [1.29, 1.82) is 0 Å². The lowest BCUT2D eigenvalue weighted by Crippen LogP contribution is -2.33. The number of ether oxygens (including phenoxy) is 1. The molecule has 0 saturated heterocycles. The Morgan fingerprint density at radius 2 is 2.00 bits per heavy atom. The second-order valence-electron chi connectivity index (χ2n) is 5.42. The van der Waals surface area contributed by atoms with Gasteiger partial charge in [-0.15, -0.1) is 0 Å². The Hall–Kier alpha value is -2.44. The molecule has 1 atom stereocenters. The Kier molecular flexibility index (Phi) is 4.55. The van der Waals surface area contributed by atoms with Gasteiger partial charge in [-0.3, -0.25) is 0 Å². The monoisotopic (exact) mass is 312 g/mol. The number of aliphatic hydroxyl groups is 1. The summed E-state index contributed by atoms with van der Waals surface area (Å²) in [5.74, 6) is 0.575. The number of hydrogen-bond donors (Lipinski definition) is 1. The molecule has 0 spiro atoms. The highest BCUT2D eigenvalue weighted by Crippen LogP contribution is 2.32. The van der Waals surface area contributed by atoms with Crippen LogP contribution < -0.4 is 0 Å². The highest BCUT2D eigenvalue weighted by atomic mass is 16.5. The van der Waals surface area contributed by atoms with E-state index in [9.17, 15) is 5.11 Å². The van der Waals surface area contributed by atoms with Crippen LogP contribution >= 0.6 is 0 Å². The van der Waals surface area contributed by atoms with Crippen LogP contribution in [0.25, 0.3) is 0 Å². The lowest BCUT2D eigenvalue weighted by atomic mass is 9.89. The minimum atomic E-state index is -1.20. The normalized spacial score (nSPS) is 13.8. The summed E-state index contributed by atoms with van der Waals surface area (Å²) in [4.78, 5) is 8.44. The number of nitrogens with zero attached hydrogens (tertiary/aromatic N) is 4. The van der Waals surface area contributed by atoms with Crippen molar-refractivity contribution in [2.75, 3.05) is 7.11 Å². The Labute approximate surface area is 135 Å². The second kappa shape index (κ2) is 6.76. The fourth-order valence-electron chi connectivity index (χ4n) is 2.73. The number of aryl methyl sites for hydroxylation is 1. The van der Waals surface area contributed by atoms with Gasteiger partial charge in [0.2, 0.25) is 0 Å². The summed E-state index contributed by atoms with van der Waals surface area (Å²) in [5.41, 5.74) is -0.392. The predicted octanol–water partition coefficient (Wildman–Crippen LogP) is 2.01. The average Bonchev–Trinajstić information content (AvgIpc) is 3.26. The van der Waals surface area contributed by atoms with Crippen LogP contribution in [0.2, 0.25) is 0 Å². The van der Waals surface area contributed by atoms with Gasteiger partial charge < -0.3 is 19.0 Å². The zero-order valence-corrected chi connectivity index (χ0v) is 13.0. The molecule has 3 rings (SSSR count). The maximum Gasteiger partial charge on any atom is 0.149 e. The maximum absolute atomic E-state index is 11.5. The van der Waals surface area contributed by atoms with Gasteiger partial charge in [-0.1, -0.05) is 30.3 Å². The van der Waals surface area contributed by atoms with Gasteiger partial charge in [-0.2, -0.15) is 0 Å². The highest BCUT2D eigenvalue weighted by Gasteiger charge is 2.35. The number of imidazole rings is 2. The fraction of sp³-hybridized carbons (Fsp3) is 0.294. The van der Waals surface area contributed by atoms with E-state index in [2.05, 4.69) is 9.97 Å². The molecule has 1 aromatic carbocycles. The fourth-order valence-corrected chi connectivity index (χ4v) is 2.73. The summed E-state index contributed by atoms with van der Waals surface area (Å²) < 4.78 is 8.97. The van der Waals surface area contributed by atoms with Crippen molar-refractivity contribution in [3.8, 4) is 0 Å². The van der Waals surface area contributed by atoms with Gasteiger partial charge in [0.25, 0.3) is 0 Å². The Balaban J connectivity index is 1.97. The SMILES string of the molecule is COCn1ccnc1C(O)(CCn1ccnc1)c1ccccc1. The first kappa shape index (κ1) is 15.5. The summed E-state index contributed by atoms with van der Waals surface area (Å²) in [6, 6.07) is 9.60. The molecule has 0 saturated carbocycles. The van der Waals surface area contributed by atoms with E-state index in [1.54, 1.807) is 25.8 Å². The number of rotatable bonds is 7.